The van der Waals surface area contributed by atoms with Crippen molar-refractivity contribution in [3.8, 4) is 0 Å². The lowest BCUT2D eigenvalue weighted by Crippen LogP contribution is -2.11. The molecule has 0 fully saturated rings. The Labute approximate surface area is 104 Å². The van der Waals surface area contributed by atoms with Gasteiger partial charge in [0.2, 0.25) is 0 Å². The van der Waals surface area contributed by atoms with Crippen molar-refractivity contribution in [2.45, 2.75) is 20.0 Å². The monoisotopic (exact) mass is 253 g/mol. The van der Waals surface area contributed by atoms with Crippen LogP contribution in [0.25, 0.3) is 0 Å². The quantitative estimate of drug-likeness (QED) is 0.913. The van der Waals surface area contributed by atoms with Crippen LogP contribution >= 0.6 is 11.6 Å². The summed E-state index contributed by atoms with van der Waals surface area (Å²) in [5.74, 6) is 0.485. The maximum atomic E-state index is 13.7. The zero-order valence-electron chi connectivity index (χ0n) is 9.45. The number of aryl methyl sites for hydroxylation is 1. The molecular formula is C12H13ClFN3. The highest BCUT2D eigenvalue weighted by atomic mass is 35.5. The highest BCUT2D eigenvalue weighted by Gasteiger charge is 2.11. The molecule has 0 aliphatic heterocycles. The molecule has 0 saturated carbocycles. The van der Waals surface area contributed by atoms with Gasteiger partial charge in [0.1, 0.15) is 11.6 Å². The number of aromatic nitrogens is 2. The Kier molecular flexibility index (Phi) is 3.45. The van der Waals surface area contributed by atoms with Gasteiger partial charge in [0.15, 0.2) is 0 Å². The van der Waals surface area contributed by atoms with Gasteiger partial charge in [-0.15, -0.1) is 0 Å². The van der Waals surface area contributed by atoms with Crippen molar-refractivity contribution in [2.24, 2.45) is 5.73 Å². The lowest BCUT2D eigenvalue weighted by molar-refractivity contribution is 0.592. The number of nitrogens with zero attached hydrogens (tertiary/aromatic N) is 2. The second-order valence-electron chi connectivity index (χ2n) is 3.79. The van der Waals surface area contributed by atoms with Crippen LogP contribution in [0.15, 0.2) is 24.4 Å². The van der Waals surface area contributed by atoms with Crippen molar-refractivity contribution in [3.63, 3.8) is 0 Å². The second kappa shape index (κ2) is 4.85. The van der Waals surface area contributed by atoms with Crippen LogP contribution in [-0.4, -0.2) is 9.55 Å². The minimum Gasteiger partial charge on any atom is -0.326 e. The van der Waals surface area contributed by atoms with Gasteiger partial charge in [-0.3, -0.25) is 0 Å². The number of halogens is 2. The molecule has 0 aliphatic rings. The Morgan fingerprint density at radius 1 is 1.47 bits per heavy atom. The molecule has 0 saturated heterocycles. The zero-order chi connectivity index (χ0) is 12.4. The van der Waals surface area contributed by atoms with Gasteiger partial charge in [0, 0.05) is 23.3 Å². The van der Waals surface area contributed by atoms with Gasteiger partial charge >= 0.3 is 0 Å². The molecule has 0 atom stereocenters. The van der Waals surface area contributed by atoms with Crippen molar-refractivity contribution < 1.29 is 4.39 Å². The molecule has 0 spiro atoms. The average Bonchev–Trinajstić information content (AvgIpc) is 2.65. The molecule has 0 radical (unpaired) electrons. The molecule has 2 rings (SSSR count). The molecule has 2 N–H and O–H groups in total. The number of imidazole rings is 1. The van der Waals surface area contributed by atoms with Gasteiger partial charge in [0.05, 0.1) is 12.2 Å². The first kappa shape index (κ1) is 12.1. The van der Waals surface area contributed by atoms with Crippen molar-refractivity contribution in [3.05, 3.63) is 52.3 Å². The molecule has 2 aromatic rings. The standard InChI is InChI=1S/C12H13ClFN3/c1-8-16-6-9(5-15)17(8)7-10-11(13)3-2-4-12(10)14/h2-4,6H,5,7,15H2,1H3. The van der Waals surface area contributed by atoms with Crippen molar-refractivity contribution in [1.29, 1.82) is 0 Å². The lowest BCUT2D eigenvalue weighted by atomic mass is 10.2. The van der Waals surface area contributed by atoms with E-state index < -0.39 is 0 Å². The summed E-state index contributed by atoms with van der Waals surface area (Å²) >= 11 is 5.99. The fraction of sp³-hybridized carbons (Fsp3) is 0.250. The van der Waals surface area contributed by atoms with Crippen LogP contribution in [-0.2, 0) is 13.1 Å². The van der Waals surface area contributed by atoms with Crippen molar-refractivity contribution >= 4 is 11.6 Å². The largest absolute Gasteiger partial charge is 0.326 e. The fourth-order valence-electron chi connectivity index (χ4n) is 1.74. The Morgan fingerprint density at radius 2 is 2.24 bits per heavy atom. The summed E-state index contributed by atoms with van der Waals surface area (Å²) in [4.78, 5) is 4.16. The molecule has 1 heterocycles. The summed E-state index contributed by atoms with van der Waals surface area (Å²) in [7, 11) is 0. The summed E-state index contributed by atoms with van der Waals surface area (Å²) in [6.45, 7) is 2.57. The summed E-state index contributed by atoms with van der Waals surface area (Å²) < 4.78 is 15.5. The van der Waals surface area contributed by atoms with Crippen LogP contribution in [0.2, 0.25) is 5.02 Å². The number of nitrogens with two attached hydrogens (primary N) is 1. The molecular weight excluding hydrogens is 241 g/mol. The lowest BCUT2D eigenvalue weighted by Gasteiger charge is -2.11. The molecule has 90 valence electrons. The molecule has 5 heteroatoms. The molecule has 0 unspecified atom stereocenters. The third kappa shape index (κ3) is 2.33. The summed E-state index contributed by atoms with van der Waals surface area (Å²) in [5, 5.41) is 0.418. The third-order valence-electron chi connectivity index (χ3n) is 2.72. The van der Waals surface area contributed by atoms with Crippen LogP contribution in [0.5, 0.6) is 0 Å². The first-order valence-electron chi connectivity index (χ1n) is 5.27. The van der Waals surface area contributed by atoms with Gasteiger partial charge in [-0.05, 0) is 19.1 Å². The maximum absolute atomic E-state index is 13.7. The summed E-state index contributed by atoms with van der Waals surface area (Å²) in [5.41, 5.74) is 6.93. The van der Waals surface area contributed by atoms with E-state index in [0.717, 1.165) is 11.5 Å². The van der Waals surface area contributed by atoms with E-state index in [1.165, 1.54) is 6.07 Å². The van der Waals surface area contributed by atoms with E-state index in [4.69, 9.17) is 17.3 Å². The molecule has 0 aliphatic carbocycles. The van der Waals surface area contributed by atoms with Crippen LogP contribution in [0.1, 0.15) is 17.1 Å². The summed E-state index contributed by atoms with van der Waals surface area (Å²) in [6.07, 6.45) is 1.70. The average molecular weight is 254 g/mol. The Hall–Kier alpha value is -1.39. The smallest absolute Gasteiger partial charge is 0.129 e. The third-order valence-corrected chi connectivity index (χ3v) is 3.08. The van der Waals surface area contributed by atoms with Gasteiger partial charge in [-0.2, -0.15) is 0 Å². The fourth-order valence-corrected chi connectivity index (χ4v) is 1.96. The van der Waals surface area contributed by atoms with Crippen LogP contribution in [0.3, 0.4) is 0 Å². The van der Waals surface area contributed by atoms with Crippen molar-refractivity contribution in [2.75, 3.05) is 0 Å². The van der Waals surface area contributed by atoms with E-state index >= 15 is 0 Å². The Morgan fingerprint density at radius 3 is 2.88 bits per heavy atom. The van der Waals surface area contributed by atoms with E-state index in [1.54, 1.807) is 18.3 Å². The van der Waals surface area contributed by atoms with Gasteiger partial charge < -0.3 is 10.3 Å². The first-order valence-corrected chi connectivity index (χ1v) is 5.65. The second-order valence-corrected chi connectivity index (χ2v) is 4.19. The minimum atomic E-state index is -0.312. The predicted molar refractivity (Wildman–Crippen MR) is 65.4 cm³/mol. The van der Waals surface area contributed by atoms with Crippen LogP contribution < -0.4 is 5.73 Å². The highest BCUT2D eigenvalue weighted by Crippen LogP contribution is 2.21. The predicted octanol–water partition coefficient (Wildman–Crippen LogP) is 2.49. The van der Waals surface area contributed by atoms with E-state index in [9.17, 15) is 4.39 Å². The summed E-state index contributed by atoms with van der Waals surface area (Å²) in [6, 6.07) is 4.66. The first-order chi connectivity index (χ1) is 8.13. The zero-order valence-corrected chi connectivity index (χ0v) is 10.2. The molecule has 0 bridgehead atoms. The van der Waals surface area contributed by atoms with Gasteiger partial charge in [-0.1, -0.05) is 17.7 Å². The van der Waals surface area contributed by atoms with Crippen LogP contribution in [0.4, 0.5) is 4.39 Å². The van der Waals surface area contributed by atoms with Gasteiger partial charge in [-0.25, -0.2) is 9.37 Å². The van der Waals surface area contributed by atoms with Crippen LogP contribution in [0, 0.1) is 12.7 Å². The molecule has 1 aromatic carbocycles. The minimum absolute atomic E-state index is 0.312. The Bertz CT molecular complexity index is 516. The topological polar surface area (TPSA) is 43.8 Å². The molecule has 1 aromatic heterocycles. The van der Waals surface area contributed by atoms with Gasteiger partial charge in [0.25, 0.3) is 0 Å². The maximum Gasteiger partial charge on any atom is 0.129 e. The van der Waals surface area contributed by atoms with E-state index in [0.29, 0.717) is 23.7 Å². The van der Waals surface area contributed by atoms with E-state index in [2.05, 4.69) is 4.98 Å². The molecule has 3 nitrogen and oxygen atoms in total. The normalized spacial score (nSPS) is 10.8. The molecule has 0 amide bonds. The van der Waals surface area contributed by atoms with Crippen molar-refractivity contribution in [1.82, 2.24) is 9.55 Å². The number of benzene rings is 1. The van der Waals surface area contributed by atoms with E-state index in [-0.39, 0.29) is 5.82 Å². The highest BCUT2D eigenvalue weighted by molar-refractivity contribution is 6.31. The Balaban J connectivity index is 2.41. The molecule has 17 heavy (non-hydrogen) atoms. The SMILES string of the molecule is Cc1ncc(CN)n1Cc1c(F)cccc1Cl. The van der Waals surface area contributed by atoms with E-state index in [1.807, 2.05) is 11.5 Å². The number of rotatable bonds is 3. The number of hydrogen-bond donors (Lipinski definition) is 1. The number of hydrogen-bond acceptors (Lipinski definition) is 2.